The van der Waals surface area contributed by atoms with Crippen molar-refractivity contribution in [3.63, 3.8) is 0 Å². The van der Waals surface area contributed by atoms with Crippen LogP contribution in [0, 0.1) is 0 Å². The highest BCUT2D eigenvalue weighted by Gasteiger charge is 2.20. The molecule has 15 heavy (non-hydrogen) atoms. The summed E-state index contributed by atoms with van der Waals surface area (Å²) < 4.78 is 5.01. The summed E-state index contributed by atoms with van der Waals surface area (Å²) in [6, 6.07) is 1.71. The van der Waals surface area contributed by atoms with Crippen LogP contribution < -0.4 is 15.8 Å². The molecule has 0 aromatic carbocycles. The van der Waals surface area contributed by atoms with Crippen molar-refractivity contribution in [3.05, 3.63) is 16.3 Å². The van der Waals surface area contributed by atoms with Crippen LogP contribution in [0.25, 0.3) is 0 Å². The number of nitrogens with one attached hydrogen (secondary N) is 1. The highest BCUT2D eigenvalue weighted by atomic mass is 32.1. The zero-order valence-electron chi connectivity index (χ0n) is 9.16. The maximum absolute atomic E-state index is 11.7. The fourth-order valence-corrected chi connectivity index (χ4v) is 1.71. The Hall–Kier alpha value is -1.07. The Balaban J connectivity index is 2.69. The number of hydrogen-bond acceptors (Lipinski definition) is 4. The average molecular weight is 228 g/mol. The summed E-state index contributed by atoms with van der Waals surface area (Å²) in [6.45, 7) is 4.17. The molecule has 5 heteroatoms. The molecule has 1 rings (SSSR count). The first-order valence-electron chi connectivity index (χ1n) is 4.63. The Labute approximate surface area is 93.4 Å². The third-order valence-electron chi connectivity index (χ3n) is 2.00. The molecule has 0 aliphatic carbocycles. The second kappa shape index (κ2) is 4.63. The number of carbonyl (C=O) groups is 1. The molecule has 0 saturated heterocycles. The molecule has 0 fully saturated rings. The number of hydrogen-bond donors (Lipinski definition) is 2. The summed E-state index contributed by atoms with van der Waals surface area (Å²) in [6.07, 6.45) is 0. The Morgan fingerprint density at radius 3 is 2.80 bits per heavy atom. The van der Waals surface area contributed by atoms with Gasteiger partial charge in [-0.1, -0.05) is 0 Å². The first-order chi connectivity index (χ1) is 6.98. The summed E-state index contributed by atoms with van der Waals surface area (Å²) >= 11 is 1.36. The van der Waals surface area contributed by atoms with E-state index in [9.17, 15) is 4.79 Å². The van der Waals surface area contributed by atoms with Gasteiger partial charge >= 0.3 is 0 Å². The molecule has 0 unspecified atom stereocenters. The molecule has 0 atom stereocenters. The summed E-state index contributed by atoms with van der Waals surface area (Å²) in [5.41, 5.74) is 5.15. The van der Waals surface area contributed by atoms with Crippen molar-refractivity contribution in [2.45, 2.75) is 19.4 Å². The molecule has 1 heterocycles. The molecule has 0 aliphatic heterocycles. The molecule has 4 nitrogen and oxygen atoms in total. The topological polar surface area (TPSA) is 64.3 Å². The number of rotatable bonds is 4. The Morgan fingerprint density at radius 1 is 1.67 bits per heavy atom. The molecule has 3 N–H and O–H groups in total. The van der Waals surface area contributed by atoms with Crippen LogP contribution in [0.15, 0.2) is 11.4 Å². The van der Waals surface area contributed by atoms with Gasteiger partial charge in [-0.05, 0) is 13.8 Å². The molecular formula is C10H16N2O2S. The summed E-state index contributed by atoms with van der Waals surface area (Å²) in [7, 11) is 1.58. The second-order valence-corrected chi connectivity index (χ2v) is 4.80. The largest absolute Gasteiger partial charge is 0.496 e. The number of nitrogens with two attached hydrogens (primary N) is 1. The van der Waals surface area contributed by atoms with E-state index in [0.29, 0.717) is 17.2 Å². The fraction of sp³-hybridized carbons (Fsp3) is 0.500. The maximum Gasteiger partial charge on any atom is 0.261 e. The lowest BCUT2D eigenvalue weighted by Gasteiger charge is -2.23. The minimum absolute atomic E-state index is 0.112. The van der Waals surface area contributed by atoms with Crippen LogP contribution in [0.3, 0.4) is 0 Å². The van der Waals surface area contributed by atoms with Gasteiger partial charge in [0.1, 0.15) is 5.75 Å². The van der Waals surface area contributed by atoms with E-state index >= 15 is 0 Å². The molecule has 0 aliphatic rings. The van der Waals surface area contributed by atoms with E-state index in [0.717, 1.165) is 0 Å². The van der Waals surface area contributed by atoms with Crippen LogP contribution in [-0.2, 0) is 0 Å². The van der Waals surface area contributed by atoms with Crippen molar-refractivity contribution in [2.24, 2.45) is 5.73 Å². The van der Waals surface area contributed by atoms with Crippen LogP contribution >= 0.6 is 11.3 Å². The molecule has 84 valence electrons. The third-order valence-corrected chi connectivity index (χ3v) is 2.90. The first-order valence-corrected chi connectivity index (χ1v) is 5.51. The van der Waals surface area contributed by atoms with Gasteiger partial charge in [0.15, 0.2) is 0 Å². The maximum atomic E-state index is 11.7. The zero-order valence-corrected chi connectivity index (χ0v) is 9.98. The monoisotopic (exact) mass is 228 g/mol. The Bertz CT molecular complexity index is 347. The highest BCUT2D eigenvalue weighted by Crippen LogP contribution is 2.21. The smallest absolute Gasteiger partial charge is 0.261 e. The predicted octanol–water partition coefficient (Wildman–Crippen LogP) is 1.22. The molecule has 0 bridgehead atoms. The summed E-state index contributed by atoms with van der Waals surface area (Å²) in [5.74, 6) is 0.592. The molecular weight excluding hydrogens is 212 g/mol. The van der Waals surface area contributed by atoms with Crippen molar-refractivity contribution >= 4 is 17.2 Å². The Kier molecular flexibility index (Phi) is 3.71. The number of ether oxygens (including phenoxy) is 1. The lowest BCUT2D eigenvalue weighted by molar-refractivity contribution is 0.0919. The molecule has 0 spiro atoms. The van der Waals surface area contributed by atoms with Gasteiger partial charge in [0.25, 0.3) is 5.91 Å². The number of amides is 1. The van der Waals surface area contributed by atoms with Crippen molar-refractivity contribution < 1.29 is 9.53 Å². The van der Waals surface area contributed by atoms with Crippen molar-refractivity contribution in [1.82, 2.24) is 5.32 Å². The first kappa shape index (κ1) is 12.0. The summed E-state index contributed by atoms with van der Waals surface area (Å²) in [4.78, 5) is 12.4. The lowest BCUT2D eigenvalue weighted by Crippen LogP contribution is -2.48. The predicted molar refractivity (Wildman–Crippen MR) is 61.5 cm³/mol. The second-order valence-electron chi connectivity index (χ2n) is 3.89. The number of methoxy groups -OCH3 is 1. The van der Waals surface area contributed by atoms with E-state index in [4.69, 9.17) is 10.5 Å². The van der Waals surface area contributed by atoms with E-state index in [-0.39, 0.29) is 11.4 Å². The molecule has 1 amide bonds. The Morgan fingerprint density at radius 2 is 2.33 bits per heavy atom. The molecule has 1 aromatic heterocycles. The van der Waals surface area contributed by atoms with Gasteiger partial charge in [-0.25, -0.2) is 0 Å². The van der Waals surface area contributed by atoms with Crippen LogP contribution in [0.5, 0.6) is 5.75 Å². The highest BCUT2D eigenvalue weighted by molar-refractivity contribution is 7.12. The minimum atomic E-state index is -0.381. The fourth-order valence-electron chi connectivity index (χ4n) is 0.965. The quantitative estimate of drug-likeness (QED) is 0.814. The average Bonchev–Trinajstić information content (AvgIpc) is 2.65. The van der Waals surface area contributed by atoms with Crippen LogP contribution in [0.2, 0.25) is 0 Å². The number of carbonyl (C=O) groups excluding carboxylic acids is 1. The number of thiophene rings is 1. The van der Waals surface area contributed by atoms with Gasteiger partial charge in [-0.2, -0.15) is 0 Å². The summed E-state index contributed by atoms with van der Waals surface area (Å²) in [5, 5.41) is 4.65. The van der Waals surface area contributed by atoms with Crippen LogP contribution in [0.4, 0.5) is 0 Å². The van der Waals surface area contributed by atoms with Gasteiger partial charge in [0, 0.05) is 23.5 Å². The lowest BCUT2D eigenvalue weighted by atomic mass is 10.1. The van der Waals surface area contributed by atoms with Crippen molar-refractivity contribution in [2.75, 3.05) is 13.7 Å². The van der Waals surface area contributed by atoms with E-state index in [1.165, 1.54) is 11.3 Å². The van der Waals surface area contributed by atoms with Gasteiger partial charge in [0.05, 0.1) is 12.0 Å². The van der Waals surface area contributed by atoms with Crippen LogP contribution in [-0.4, -0.2) is 25.1 Å². The van der Waals surface area contributed by atoms with Crippen molar-refractivity contribution in [1.29, 1.82) is 0 Å². The van der Waals surface area contributed by atoms with Gasteiger partial charge in [0.2, 0.25) is 0 Å². The van der Waals surface area contributed by atoms with Crippen molar-refractivity contribution in [3.8, 4) is 5.75 Å². The minimum Gasteiger partial charge on any atom is -0.496 e. The van der Waals surface area contributed by atoms with Gasteiger partial charge < -0.3 is 15.8 Å². The normalized spacial score (nSPS) is 11.2. The standard InChI is InChI=1S/C10H16N2O2S/c1-10(2,6-11)12-9(13)8-4-7(14-3)5-15-8/h4-5H,6,11H2,1-3H3,(H,12,13). The van der Waals surface area contributed by atoms with E-state index < -0.39 is 0 Å². The SMILES string of the molecule is COc1csc(C(=O)NC(C)(C)CN)c1. The molecule has 1 aromatic rings. The van der Waals surface area contributed by atoms with Gasteiger partial charge in [-0.3, -0.25) is 4.79 Å². The van der Waals surface area contributed by atoms with E-state index in [2.05, 4.69) is 5.32 Å². The third kappa shape index (κ3) is 3.21. The van der Waals surface area contributed by atoms with Gasteiger partial charge in [-0.15, -0.1) is 11.3 Å². The van der Waals surface area contributed by atoms with E-state index in [1.807, 2.05) is 13.8 Å². The zero-order chi connectivity index (χ0) is 11.5. The van der Waals surface area contributed by atoms with Crippen LogP contribution in [0.1, 0.15) is 23.5 Å². The molecule has 0 saturated carbocycles. The van der Waals surface area contributed by atoms with E-state index in [1.54, 1.807) is 18.6 Å². The molecule has 0 radical (unpaired) electrons.